The molecule has 0 aromatic heterocycles. The standard InChI is InChI=1S/C17H26ClN/c1-3-11-19-17(14-7-5-4-6-8-14)16-10-9-15(18)12-13(16)2/h9-10,12,14,17,19H,3-8,11H2,1-2H3. The van der Waals surface area contributed by atoms with E-state index in [0.717, 1.165) is 17.5 Å². The first-order chi connectivity index (χ1) is 9.22. The third-order valence-corrected chi connectivity index (χ3v) is 4.54. The van der Waals surface area contributed by atoms with Gasteiger partial charge in [0.15, 0.2) is 0 Å². The Kier molecular flexibility index (Phi) is 5.72. The van der Waals surface area contributed by atoms with Gasteiger partial charge in [0, 0.05) is 11.1 Å². The molecule has 1 aromatic carbocycles. The highest BCUT2D eigenvalue weighted by Crippen LogP contribution is 2.36. The van der Waals surface area contributed by atoms with Crippen molar-refractivity contribution < 1.29 is 0 Å². The van der Waals surface area contributed by atoms with Crippen molar-refractivity contribution >= 4 is 11.6 Å². The van der Waals surface area contributed by atoms with Crippen LogP contribution in [-0.4, -0.2) is 6.54 Å². The second-order valence-corrected chi connectivity index (χ2v) is 6.27. The molecular formula is C17H26ClN. The van der Waals surface area contributed by atoms with E-state index in [9.17, 15) is 0 Å². The summed E-state index contributed by atoms with van der Waals surface area (Å²) < 4.78 is 0. The van der Waals surface area contributed by atoms with Crippen LogP contribution in [0.2, 0.25) is 5.02 Å². The number of aryl methyl sites for hydroxylation is 1. The summed E-state index contributed by atoms with van der Waals surface area (Å²) in [6.45, 7) is 5.52. The van der Waals surface area contributed by atoms with E-state index in [1.807, 2.05) is 6.07 Å². The van der Waals surface area contributed by atoms with Crippen LogP contribution in [0.1, 0.15) is 62.6 Å². The summed E-state index contributed by atoms with van der Waals surface area (Å²) in [7, 11) is 0. The molecular weight excluding hydrogens is 254 g/mol. The molecule has 0 radical (unpaired) electrons. The van der Waals surface area contributed by atoms with Crippen molar-refractivity contribution in [1.29, 1.82) is 0 Å². The number of hydrogen-bond acceptors (Lipinski definition) is 1. The summed E-state index contributed by atoms with van der Waals surface area (Å²) in [4.78, 5) is 0. The Labute approximate surface area is 122 Å². The van der Waals surface area contributed by atoms with Crippen molar-refractivity contribution in [3.63, 3.8) is 0 Å². The van der Waals surface area contributed by atoms with Gasteiger partial charge in [-0.25, -0.2) is 0 Å². The molecule has 106 valence electrons. The van der Waals surface area contributed by atoms with E-state index in [4.69, 9.17) is 11.6 Å². The Bertz CT molecular complexity index is 396. The highest BCUT2D eigenvalue weighted by molar-refractivity contribution is 6.30. The normalized spacial score (nSPS) is 18.5. The second-order valence-electron chi connectivity index (χ2n) is 5.83. The molecule has 0 saturated heterocycles. The molecule has 2 heteroatoms. The summed E-state index contributed by atoms with van der Waals surface area (Å²) in [6, 6.07) is 6.87. The van der Waals surface area contributed by atoms with E-state index in [1.54, 1.807) is 0 Å². The Morgan fingerprint density at radius 3 is 2.63 bits per heavy atom. The van der Waals surface area contributed by atoms with Crippen LogP contribution in [0, 0.1) is 12.8 Å². The Morgan fingerprint density at radius 2 is 2.00 bits per heavy atom. The van der Waals surface area contributed by atoms with E-state index >= 15 is 0 Å². The van der Waals surface area contributed by atoms with Crippen LogP contribution in [-0.2, 0) is 0 Å². The number of benzene rings is 1. The summed E-state index contributed by atoms with van der Waals surface area (Å²) in [6.07, 6.45) is 8.11. The second kappa shape index (κ2) is 7.31. The minimum absolute atomic E-state index is 0.512. The van der Waals surface area contributed by atoms with Crippen LogP contribution >= 0.6 is 11.6 Å². The molecule has 0 bridgehead atoms. The van der Waals surface area contributed by atoms with Gasteiger partial charge in [-0.05, 0) is 61.9 Å². The van der Waals surface area contributed by atoms with Crippen LogP contribution in [0.15, 0.2) is 18.2 Å². The van der Waals surface area contributed by atoms with Crippen LogP contribution in [0.5, 0.6) is 0 Å². The van der Waals surface area contributed by atoms with E-state index in [2.05, 4.69) is 31.3 Å². The predicted molar refractivity (Wildman–Crippen MR) is 83.8 cm³/mol. The Morgan fingerprint density at radius 1 is 1.26 bits per heavy atom. The van der Waals surface area contributed by atoms with Crippen molar-refractivity contribution in [3.8, 4) is 0 Å². The molecule has 1 aliphatic carbocycles. The highest BCUT2D eigenvalue weighted by atomic mass is 35.5. The summed E-state index contributed by atoms with van der Waals surface area (Å²) in [5.74, 6) is 0.792. The fraction of sp³-hybridized carbons (Fsp3) is 0.647. The molecule has 1 saturated carbocycles. The third kappa shape index (κ3) is 3.97. The molecule has 1 fully saturated rings. The van der Waals surface area contributed by atoms with E-state index < -0.39 is 0 Å². The van der Waals surface area contributed by atoms with Gasteiger partial charge in [0.2, 0.25) is 0 Å². The monoisotopic (exact) mass is 279 g/mol. The highest BCUT2D eigenvalue weighted by Gasteiger charge is 2.25. The van der Waals surface area contributed by atoms with Gasteiger partial charge in [0.25, 0.3) is 0 Å². The third-order valence-electron chi connectivity index (χ3n) is 4.30. The summed E-state index contributed by atoms with van der Waals surface area (Å²) in [5, 5.41) is 4.62. The van der Waals surface area contributed by atoms with E-state index in [0.29, 0.717) is 6.04 Å². The van der Waals surface area contributed by atoms with E-state index in [-0.39, 0.29) is 0 Å². The fourth-order valence-corrected chi connectivity index (χ4v) is 3.51. The van der Waals surface area contributed by atoms with Gasteiger partial charge in [-0.1, -0.05) is 43.9 Å². The molecule has 1 aromatic rings. The smallest absolute Gasteiger partial charge is 0.0408 e. The lowest BCUT2D eigenvalue weighted by Crippen LogP contribution is -2.30. The quantitative estimate of drug-likeness (QED) is 0.774. The van der Waals surface area contributed by atoms with Crippen molar-refractivity contribution in [2.24, 2.45) is 5.92 Å². The van der Waals surface area contributed by atoms with Gasteiger partial charge in [0.05, 0.1) is 0 Å². The average molecular weight is 280 g/mol. The minimum atomic E-state index is 0.512. The molecule has 2 rings (SSSR count). The van der Waals surface area contributed by atoms with Crippen LogP contribution in [0.25, 0.3) is 0 Å². The van der Waals surface area contributed by atoms with Crippen molar-refractivity contribution in [3.05, 3.63) is 34.3 Å². The molecule has 19 heavy (non-hydrogen) atoms. The number of halogens is 1. The first-order valence-electron chi connectivity index (χ1n) is 7.71. The van der Waals surface area contributed by atoms with Gasteiger partial charge in [-0.2, -0.15) is 0 Å². The van der Waals surface area contributed by atoms with Crippen molar-refractivity contribution in [2.45, 2.75) is 58.4 Å². The van der Waals surface area contributed by atoms with Crippen molar-refractivity contribution in [1.82, 2.24) is 5.32 Å². The maximum Gasteiger partial charge on any atom is 0.0408 e. The molecule has 0 spiro atoms. The van der Waals surface area contributed by atoms with Gasteiger partial charge in [0.1, 0.15) is 0 Å². The van der Waals surface area contributed by atoms with Crippen molar-refractivity contribution in [2.75, 3.05) is 6.54 Å². The molecule has 0 heterocycles. The lowest BCUT2D eigenvalue weighted by molar-refractivity contribution is 0.271. The topological polar surface area (TPSA) is 12.0 Å². The maximum absolute atomic E-state index is 6.09. The predicted octanol–water partition coefficient (Wildman–Crippen LogP) is 5.27. The first kappa shape index (κ1) is 14.9. The molecule has 1 unspecified atom stereocenters. The zero-order valence-electron chi connectivity index (χ0n) is 12.2. The lowest BCUT2D eigenvalue weighted by atomic mass is 9.80. The SMILES string of the molecule is CCCNC(c1ccc(Cl)cc1C)C1CCCCC1. The number of nitrogens with one attached hydrogen (secondary N) is 1. The fourth-order valence-electron chi connectivity index (χ4n) is 3.29. The van der Waals surface area contributed by atoms with Crippen LogP contribution in [0.3, 0.4) is 0 Å². The Balaban J connectivity index is 2.19. The maximum atomic E-state index is 6.09. The average Bonchev–Trinajstić information content (AvgIpc) is 2.42. The molecule has 1 N–H and O–H groups in total. The molecule has 0 amide bonds. The zero-order chi connectivity index (χ0) is 13.7. The lowest BCUT2D eigenvalue weighted by Gasteiger charge is -2.32. The van der Waals surface area contributed by atoms with Gasteiger partial charge in [-0.3, -0.25) is 0 Å². The largest absolute Gasteiger partial charge is 0.310 e. The molecule has 0 aliphatic heterocycles. The Hall–Kier alpha value is -0.530. The summed E-state index contributed by atoms with van der Waals surface area (Å²) in [5.41, 5.74) is 2.77. The van der Waals surface area contributed by atoms with Gasteiger partial charge < -0.3 is 5.32 Å². The summed E-state index contributed by atoms with van der Waals surface area (Å²) >= 11 is 6.09. The first-order valence-corrected chi connectivity index (χ1v) is 8.09. The number of rotatable bonds is 5. The molecule has 1 aliphatic rings. The minimum Gasteiger partial charge on any atom is -0.310 e. The van der Waals surface area contributed by atoms with Gasteiger partial charge in [-0.15, -0.1) is 0 Å². The van der Waals surface area contributed by atoms with E-state index in [1.165, 1.54) is 49.7 Å². The van der Waals surface area contributed by atoms with Crippen LogP contribution in [0.4, 0.5) is 0 Å². The van der Waals surface area contributed by atoms with Crippen LogP contribution < -0.4 is 5.32 Å². The molecule has 1 atom stereocenters. The zero-order valence-corrected chi connectivity index (χ0v) is 13.0. The number of hydrogen-bond donors (Lipinski definition) is 1. The molecule has 1 nitrogen and oxygen atoms in total. The van der Waals surface area contributed by atoms with Gasteiger partial charge >= 0.3 is 0 Å².